The Kier molecular flexibility index (Phi) is 4.05. The number of hydrogen-bond donors (Lipinski definition) is 2. The molecule has 1 aromatic rings. The molecular formula is C12H15NO3. The molecule has 0 saturated heterocycles. The average Bonchev–Trinajstić information content (AvgIpc) is 2.16. The number of rotatable bonds is 4. The quantitative estimate of drug-likeness (QED) is 0.760. The molecular weight excluding hydrogens is 206 g/mol. The first kappa shape index (κ1) is 12.2. The normalized spacial score (nSPS) is 11.9. The maximum atomic E-state index is 11.2. The van der Waals surface area contributed by atoms with Gasteiger partial charge in [-0.25, -0.2) is 0 Å². The summed E-state index contributed by atoms with van der Waals surface area (Å²) in [4.78, 5) is 21.5. The van der Waals surface area contributed by atoms with Gasteiger partial charge in [-0.2, -0.15) is 0 Å². The van der Waals surface area contributed by atoms with Gasteiger partial charge in [0.05, 0.1) is 6.04 Å². The molecule has 0 fully saturated rings. The maximum absolute atomic E-state index is 11.2. The lowest BCUT2D eigenvalue weighted by Crippen LogP contribution is -2.28. The Balaban J connectivity index is 2.58. The Morgan fingerprint density at radius 3 is 2.38 bits per heavy atom. The zero-order chi connectivity index (χ0) is 12.1. The van der Waals surface area contributed by atoms with Gasteiger partial charge in [0.2, 0.25) is 5.91 Å². The Labute approximate surface area is 94.3 Å². The van der Waals surface area contributed by atoms with Gasteiger partial charge in [-0.3, -0.25) is 9.59 Å². The molecule has 1 amide bonds. The molecule has 0 saturated carbocycles. The fourth-order valence-electron chi connectivity index (χ4n) is 1.37. The van der Waals surface area contributed by atoms with Gasteiger partial charge in [-0.1, -0.05) is 29.8 Å². The van der Waals surface area contributed by atoms with Crippen LogP contribution in [-0.2, 0) is 9.59 Å². The number of hydrogen-bond acceptors (Lipinski definition) is 2. The summed E-state index contributed by atoms with van der Waals surface area (Å²) in [5.41, 5.74) is 2.11. The first-order valence-corrected chi connectivity index (χ1v) is 5.07. The second-order valence-corrected chi connectivity index (χ2v) is 3.77. The number of carboxylic acid groups (broad SMARTS) is 1. The molecule has 0 spiro atoms. The van der Waals surface area contributed by atoms with Gasteiger partial charge >= 0.3 is 5.97 Å². The molecule has 86 valence electrons. The monoisotopic (exact) mass is 221 g/mol. The van der Waals surface area contributed by atoms with Crippen molar-refractivity contribution in [3.63, 3.8) is 0 Å². The molecule has 0 radical (unpaired) electrons. The first-order valence-electron chi connectivity index (χ1n) is 5.07. The van der Waals surface area contributed by atoms with E-state index in [1.54, 1.807) is 0 Å². The number of carbonyl (C=O) groups excluding carboxylic acids is 1. The molecule has 0 aliphatic heterocycles. The predicted octanol–water partition coefficient (Wildman–Crippen LogP) is 1.65. The highest BCUT2D eigenvalue weighted by molar-refractivity contribution is 5.93. The van der Waals surface area contributed by atoms with Crippen LogP contribution in [0.4, 0.5) is 0 Å². The topological polar surface area (TPSA) is 66.4 Å². The zero-order valence-electron chi connectivity index (χ0n) is 9.36. The van der Waals surface area contributed by atoms with Crippen molar-refractivity contribution in [2.45, 2.75) is 26.3 Å². The van der Waals surface area contributed by atoms with E-state index in [1.807, 2.05) is 38.1 Å². The largest absolute Gasteiger partial charge is 0.481 e. The van der Waals surface area contributed by atoms with Crippen molar-refractivity contribution in [1.29, 1.82) is 0 Å². The van der Waals surface area contributed by atoms with E-state index in [9.17, 15) is 9.59 Å². The minimum absolute atomic E-state index is 0.174. The van der Waals surface area contributed by atoms with Gasteiger partial charge < -0.3 is 10.4 Å². The molecule has 0 bridgehead atoms. The van der Waals surface area contributed by atoms with E-state index in [0.29, 0.717) is 0 Å². The molecule has 0 aliphatic carbocycles. The van der Waals surface area contributed by atoms with Crippen molar-refractivity contribution >= 4 is 11.9 Å². The average molecular weight is 221 g/mol. The number of benzene rings is 1. The fraction of sp³-hybridized carbons (Fsp3) is 0.333. The van der Waals surface area contributed by atoms with Gasteiger partial charge in [-0.05, 0) is 19.4 Å². The molecule has 1 unspecified atom stereocenters. The molecule has 4 heteroatoms. The van der Waals surface area contributed by atoms with E-state index in [-0.39, 0.29) is 6.04 Å². The summed E-state index contributed by atoms with van der Waals surface area (Å²) < 4.78 is 0. The van der Waals surface area contributed by atoms with Crippen LogP contribution in [0.15, 0.2) is 24.3 Å². The third-order valence-corrected chi connectivity index (χ3v) is 2.27. The van der Waals surface area contributed by atoms with Crippen LogP contribution in [0.2, 0.25) is 0 Å². The molecule has 0 aromatic heterocycles. The van der Waals surface area contributed by atoms with Gasteiger partial charge in [0.1, 0.15) is 6.42 Å². The Hall–Kier alpha value is -1.84. The van der Waals surface area contributed by atoms with E-state index in [0.717, 1.165) is 11.1 Å². The zero-order valence-corrected chi connectivity index (χ0v) is 9.36. The molecule has 16 heavy (non-hydrogen) atoms. The standard InChI is InChI=1S/C12H15NO3/c1-8-3-5-10(6-4-8)9(2)13-11(14)7-12(15)16/h3-6,9H,7H2,1-2H3,(H,13,14)(H,15,16). The molecule has 1 atom stereocenters. The number of nitrogens with one attached hydrogen (secondary N) is 1. The number of carbonyl (C=O) groups is 2. The van der Waals surface area contributed by atoms with E-state index in [2.05, 4.69) is 5.32 Å². The van der Waals surface area contributed by atoms with Crippen LogP contribution in [0.1, 0.15) is 30.5 Å². The summed E-state index contributed by atoms with van der Waals surface area (Å²) >= 11 is 0. The van der Waals surface area contributed by atoms with Crippen LogP contribution in [0, 0.1) is 6.92 Å². The van der Waals surface area contributed by atoms with Crippen LogP contribution in [0.3, 0.4) is 0 Å². The summed E-state index contributed by atoms with van der Waals surface area (Å²) in [5, 5.41) is 11.1. The minimum atomic E-state index is -1.12. The van der Waals surface area contributed by atoms with Crippen molar-refractivity contribution in [2.24, 2.45) is 0 Å². The summed E-state index contributed by atoms with van der Waals surface area (Å²) in [5.74, 6) is -1.59. The number of amides is 1. The van der Waals surface area contributed by atoms with Gasteiger partial charge in [0.15, 0.2) is 0 Å². The second-order valence-electron chi connectivity index (χ2n) is 3.77. The smallest absolute Gasteiger partial charge is 0.312 e. The Morgan fingerprint density at radius 1 is 1.31 bits per heavy atom. The van der Waals surface area contributed by atoms with Crippen LogP contribution < -0.4 is 5.32 Å². The highest BCUT2D eigenvalue weighted by Gasteiger charge is 2.11. The summed E-state index contributed by atoms with van der Waals surface area (Å²) in [7, 11) is 0. The van der Waals surface area contributed by atoms with E-state index in [1.165, 1.54) is 0 Å². The maximum Gasteiger partial charge on any atom is 0.312 e. The van der Waals surface area contributed by atoms with Crippen LogP contribution in [0.25, 0.3) is 0 Å². The number of aryl methyl sites for hydroxylation is 1. The van der Waals surface area contributed by atoms with Gasteiger partial charge in [-0.15, -0.1) is 0 Å². The second kappa shape index (κ2) is 5.30. The highest BCUT2D eigenvalue weighted by Crippen LogP contribution is 2.12. The summed E-state index contributed by atoms with van der Waals surface area (Å²) in [6.45, 7) is 3.81. The number of carboxylic acids is 1. The Bertz CT molecular complexity index is 384. The lowest BCUT2D eigenvalue weighted by molar-refractivity contribution is -0.140. The molecule has 1 rings (SSSR count). The molecule has 0 heterocycles. The van der Waals surface area contributed by atoms with Crippen molar-refractivity contribution in [3.05, 3.63) is 35.4 Å². The Morgan fingerprint density at radius 2 is 1.88 bits per heavy atom. The third-order valence-electron chi connectivity index (χ3n) is 2.27. The van der Waals surface area contributed by atoms with Crippen LogP contribution in [0.5, 0.6) is 0 Å². The van der Waals surface area contributed by atoms with Gasteiger partial charge in [0, 0.05) is 0 Å². The van der Waals surface area contributed by atoms with E-state index >= 15 is 0 Å². The molecule has 2 N–H and O–H groups in total. The third kappa shape index (κ3) is 3.73. The molecule has 4 nitrogen and oxygen atoms in total. The first-order chi connectivity index (χ1) is 7.49. The number of aliphatic carboxylic acids is 1. The van der Waals surface area contributed by atoms with Crippen molar-refractivity contribution in [2.75, 3.05) is 0 Å². The predicted molar refractivity (Wildman–Crippen MR) is 60.0 cm³/mol. The van der Waals surface area contributed by atoms with Crippen LogP contribution >= 0.6 is 0 Å². The van der Waals surface area contributed by atoms with Crippen LogP contribution in [-0.4, -0.2) is 17.0 Å². The van der Waals surface area contributed by atoms with Gasteiger partial charge in [0.25, 0.3) is 0 Å². The highest BCUT2D eigenvalue weighted by atomic mass is 16.4. The molecule has 0 aliphatic rings. The lowest BCUT2D eigenvalue weighted by Gasteiger charge is -2.13. The van der Waals surface area contributed by atoms with E-state index in [4.69, 9.17) is 5.11 Å². The fourth-order valence-corrected chi connectivity index (χ4v) is 1.37. The van der Waals surface area contributed by atoms with Crippen molar-refractivity contribution < 1.29 is 14.7 Å². The summed E-state index contributed by atoms with van der Waals surface area (Å²) in [6.07, 6.45) is -0.490. The van der Waals surface area contributed by atoms with Crippen molar-refractivity contribution in [1.82, 2.24) is 5.32 Å². The SMILES string of the molecule is Cc1ccc(C(C)NC(=O)CC(=O)O)cc1. The minimum Gasteiger partial charge on any atom is -0.481 e. The lowest BCUT2D eigenvalue weighted by atomic mass is 10.1. The molecule has 1 aromatic carbocycles. The van der Waals surface area contributed by atoms with Crippen molar-refractivity contribution in [3.8, 4) is 0 Å². The van der Waals surface area contributed by atoms with E-state index < -0.39 is 18.3 Å². The summed E-state index contributed by atoms with van der Waals surface area (Å²) in [6, 6.07) is 7.57.